The average molecular weight is 375 g/mol. The molecule has 0 bridgehead atoms. The van der Waals surface area contributed by atoms with E-state index in [4.69, 9.17) is 28.3 Å². The highest BCUT2D eigenvalue weighted by molar-refractivity contribution is 6.42. The first kappa shape index (κ1) is 17.9. The number of rotatable bonds is 7. The first-order valence-electron chi connectivity index (χ1n) is 8.31. The van der Waals surface area contributed by atoms with Crippen molar-refractivity contribution < 1.29 is 0 Å². The van der Waals surface area contributed by atoms with Crippen molar-refractivity contribution in [2.24, 2.45) is 0 Å². The highest BCUT2D eigenvalue weighted by Crippen LogP contribution is 2.24. The molecular formula is C19H20Cl2N4. The molecule has 0 atom stereocenters. The van der Waals surface area contributed by atoms with Gasteiger partial charge >= 0.3 is 0 Å². The zero-order valence-electron chi connectivity index (χ0n) is 14.0. The van der Waals surface area contributed by atoms with Gasteiger partial charge in [-0.3, -0.25) is 0 Å². The Hall–Kier alpha value is -1.88. The molecule has 0 amide bonds. The molecule has 0 radical (unpaired) electrons. The summed E-state index contributed by atoms with van der Waals surface area (Å²) < 4.78 is 0. The Balaban J connectivity index is 1.88. The van der Waals surface area contributed by atoms with Gasteiger partial charge in [0.05, 0.1) is 16.6 Å². The van der Waals surface area contributed by atoms with Gasteiger partial charge in [-0.15, -0.1) is 0 Å². The van der Waals surface area contributed by atoms with E-state index in [-0.39, 0.29) is 0 Å². The summed E-state index contributed by atoms with van der Waals surface area (Å²) in [6.45, 7) is 4.34. The van der Waals surface area contributed by atoms with Gasteiger partial charge < -0.3 is 5.32 Å². The van der Waals surface area contributed by atoms with Crippen LogP contribution < -0.4 is 5.32 Å². The lowest BCUT2D eigenvalue weighted by Crippen LogP contribution is -2.15. The van der Waals surface area contributed by atoms with Gasteiger partial charge in [0.15, 0.2) is 0 Å². The Kier molecular flexibility index (Phi) is 6.08. The van der Waals surface area contributed by atoms with Crippen molar-refractivity contribution >= 4 is 23.2 Å². The zero-order valence-corrected chi connectivity index (χ0v) is 15.6. The third-order valence-electron chi connectivity index (χ3n) is 3.80. The average Bonchev–Trinajstić information content (AvgIpc) is 3.02. The molecule has 0 saturated heterocycles. The van der Waals surface area contributed by atoms with Gasteiger partial charge in [-0.2, -0.15) is 15.0 Å². The van der Waals surface area contributed by atoms with Crippen LogP contribution in [0.4, 0.5) is 0 Å². The second-order valence-corrected chi connectivity index (χ2v) is 6.63. The van der Waals surface area contributed by atoms with Gasteiger partial charge in [-0.05, 0) is 30.7 Å². The third kappa shape index (κ3) is 4.60. The van der Waals surface area contributed by atoms with Crippen molar-refractivity contribution in [3.63, 3.8) is 0 Å². The summed E-state index contributed by atoms with van der Waals surface area (Å²) in [5.41, 5.74) is 3.93. The van der Waals surface area contributed by atoms with Crippen molar-refractivity contribution in [3.8, 4) is 11.3 Å². The van der Waals surface area contributed by atoms with E-state index in [0.29, 0.717) is 23.1 Å². The van der Waals surface area contributed by atoms with Crippen molar-refractivity contribution in [1.29, 1.82) is 0 Å². The lowest BCUT2D eigenvalue weighted by molar-refractivity contribution is 0.576. The fourth-order valence-electron chi connectivity index (χ4n) is 2.58. The number of nitrogens with zero attached hydrogens (tertiary/aromatic N) is 3. The second-order valence-electron chi connectivity index (χ2n) is 5.82. The van der Waals surface area contributed by atoms with E-state index in [1.807, 2.05) is 30.3 Å². The monoisotopic (exact) mass is 374 g/mol. The summed E-state index contributed by atoms with van der Waals surface area (Å²) in [6, 6.07) is 15.7. The number of benzene rings is 2. The van der Waals surface area contributed by atoms with Crippen LogP contribution in [0.25, 0.3) is 11.3 Å². The lowest BCUT2D eigenvalue weighted by atomic mass is 10.1. The van der Waals surface area contributed by atoms with E-state index < -0.39 is 0 Å². The van der Waals surface area contributed by atoms with Gasteiger partial charge in [0.2, 0.25) is 0 Å². The van der Waals surface area contributed by atoms with E-state index in [0.717, 1.165) is 35.5 Å². The molecule has 0 aliphatic heterocycles. The Morgan fingerprint density at radius 2 is 1.80 bits per heavy atom. The molecule has 3 rings (SSSR count). The van der Waals surface area contributed by atoms with Crippen molar-refractivity contribution in [1.82, 2.24) is 20.3 Å². The number of hydrogen-bond donors (Lipinski definition) is 1. The summed E-state index contributed by atoms with van der Waals surface area (Å²) in [5.74, 6) is 0. The standard InChI is InChI=1S/C19H20Cl2N4/c1-2-10-22-12-18-19(15-6-4-3-5-7-15)24-25(23-18)13-14-8-9-16(20)17(21)11-14/h3-9,11,22H,2,10,12-13H2,1H3. The highest BCUT2D eigenvalue weighted by Gasteiger charge is 2.13. The molecule has 25 heavy (non-hydrogen) atoms. The summed E-state index contributed by atoms with van der Waals surface area (Å²) in [7, 11) is 0. The maximum Gasteiger partial charge on any atom is 0.117 e. The van der Waals surface area contributed by atoms with Crippen LogP contribution in [0.2, 0.25) is 10.0 Å². The van der Waals surface area contributed by atoms with Crippen molar-refractivity contribution in [3.05, 3.63) is 69.8 Å². The van der Waals surface area contributed by atoms with Crippen LogP contribution in [0.15, 0.2) is 48.5 Å². The molecule has 1 N–H and O–H groups in total. The maximum absolute atomic E-state index is 6.10. The summed E-state index contributed by atoms with van der Waals surface area (Å²) >= 11 is 12.1. The third-order valence-corrected chi connectivity index (χ3v) is 4.54. The molecule has 0 saturated carbocycles. The van der Waals surface area contributed by atoms with Crippen LogP contribution in [-0.4, -0.2) is 21.5 Å². The first-order chi connectivity index (χ1) is 12.2. The van der Waals surface area contributed by atoms with E-state index >= 15 is 0 Å². The van der Waals surface area contributed by atoms with Crippen LogP contribution in [-0.2, 0) is 13.1 Å². The fourth-order valence-corrected chi connectivity index (χ4v) is 2.90. The molecule has 130 valence electrons. The predicted octanol–water partition coefficient (Wildman–Crippen LogP) is 4.80. The molecule has 3 aromatic rings. The smallest absolute Gasteiger partial charge is 0.117 e. The van der Waals surface area contributed by atoms with Crippen LogP contribution in [0.1, 0.15) is 24.6 Å². The van der Waals surface area contributed by atoms with Gasteiger partial charge in [0.25, 0.3) is 0 Å². The van der Waals surface area contributed by atoms with Crippen LogP contribution in [0.3, 0.4) is 0 Å². The zero-order chi connectivity index (χ0) is 17.6. The molecule has 1 aromatic heterocycles. The normalized spacial score (nSPS) is 11.0. The van der Waals surface area contributed by atoms with Gasteiger partial charge in [0.1, 0.15) is 11.4 Å². The van der Waals surface area contributed by atoms with Crippen molar-refractivity contribution in [2.45, 2.75) is 26.4 Å². The Bertz CT molecular complexity index is 831. The minimum atomic E-state index is 0.541. The quantitative estimate of drug-likeness (QED) is 0.604. The van der Waals surface area contributed by atoms with Crippen molar-refractivity contribution in [2.75, 3.05) is 6.54 Å². The lowest BCUT2D eigenvalue weighted by Gasteiger charge is -2.02. The molecule has 0 aliphatic carbocycles. The topological polar surface area (TPSA) is 42.7 Å². The molecule has 4 nitrogen and oxygen atoms in total. The molecule has 6 heteroatoms. The molecule has 1 heterocycles. The largest absolute Gasteiger partial charge is 0.311 e. The van der Waals surface area contributed by atoms with Crippen LogP contribution >= 0.6 is 23.2 Å². The SMILES string of the molecule is CCCNCc1nn(Cc2ccc(Cl)c(Cl)c2)nc1-c1ccccc1. The van der Waals surface area contributed by atoms with E-state index in [1.54, 1.807) is 10.9 Å². The number of nitrogens with one attached hydrogen (secondary N) is 1. The van der Waals surface area contributed by atoms with Crippen LogP contribution in [0, 0.1) is 0 Å². The molecule has 2 aromatic carbocycles. The minimum Gasteiger partial charge on any atom is -0.311 e. The maximum atomic E-state index is 6.10. The molecule has 0 aliphatic rings. The highest BCUT2D eigenvalue weighted by atomic mass is 35.5. The van der Waals surface area contributed by atoms with E-state index in [1.165, 1.54) is 0 Å². The van der Waals surface area contributed by atoms with Gasteiger partial charge in [0, 0.05) is 12.1 Å². The molecule has 0 fully saturated rings. The Morgan fingerprint density at radius 1 is 1.00 bits per heavy atom. The first-order valence-corrected chi connectivity index (χ1v) is 9.07. The Labute approximate surface area is 157 Å². The predicted molar refractivity (Wildman–Crippen MR) is 103 cm³/mol. The Morgan fingerprint density at radius 3 is 2.52 bits per heavy atom. The molecular weight excluding hydrogens is 355 g/mol. The number of aromatic nitrogens is 3. The molecule has 0 spiro atoms. The number of hydrogen-bond acceptors (Lipinski definition) is 3. The summed E-state index contributed by atoms with van der Waals surface area (Å²) in [5, 5.41) is 13.9. The number of halogens is 2. The summed E-state index contributed by atoms with van der Waals surface area (Å²) in [4.78, 5) is 1.71. The van der Waals surface area contributed by atoms with Gasteiger partial charge in [-0.25, -0.2) is 0 Å². The molecule has 0 unspecified atom stereocenters. The van der Waals surface area contributed by atoms with E-state index in [9.17, 15) is 0 Å². The summed E-state index contributed by atoms with van der Waals surface area (Å²) in [6.07, 6.45) is 1.08. The fraction of sp³-hybridized carbons (Fsp3) is 0.263. The van der Waals surface area contributed by atoms with E-state index in [2.05, 4.69) is 29.5 Å². The minimum absolute atomic E-state index is 0.541. The van der Waals surface area contributed by atoms with Crippen LogP contribution in [0.5, 0.6) is 0 Å². The van der Waals surface area contributed by atoms with Gasteiger partial charge in [-0.1, -0.05) is 66.5 Å². The second kappa shape index (κ2) is 8.48.